The molecule has 0 aliphatic carbocycles. The van der Waals surface area contributed by atoms with E-state index in [1.54, 1.807) is 0 Å². The molecule has 11 atom stereocenters. The summed E-state index contributed by atoms with van der Waals surface area (Å²) in [5.74, 6) is -0.926. The molecular weight excluding hydrogens is 732 g/mol. The van der Waals surface area contributed by atoms with Gasteiger partial charge in [0, 0.05) is 12.8 Å². The molecule has 15 heteroatoms. The molecule has 0 bridgehead atoms. The Morgan fingerprint density at radius 2 is 0.911 bits per heavy atom. The van der Waals surface area contributed by atoms with Crippen molar-refractivity contribution in [1.82, 2.24) is 0 Å². The molecule has 0 aromatic rings. The summed E-state index contributed by atoms with van der Waals surface area (Å²) >= 11 is 0. The third-order valence-electron chi connectivity index (χ3n) is 10.6. The van der Waals surface area contributed by atoms with Crippen LogP contribution in [-0.4, -0.2) is 142 Å². The molecule has 2 rings (SSSR count). The zero-order valence-corrected chi connectivity index (χ0v) is 34.1. The summed E-state index contributed by atoms with van der Waals surface area (Å²) in [5, 5.41) is 71.6. The molecule has 0 aromatic carbocycles. The number of carbonyl (C=O) groups is 2. The molecule has 2 saturated heterocycles. The predicted octanol–water partition coefficient (Wildman–Crippen LogP) is 3.70. The molecule has 2 aliphatic rings. The van der Waals surface area contributed by atoms with Gasteiger partial charge in [0.05, 0.1) is 19.8 Å². The maximum Gasteiger partial charge on any atom is 0.306 e. The second-order valence-electron chi connectivity index (χ2n) is 15.5. The van der Waals surface area contributed by atoms with Crippen LogP contribution in [0.3, 0.4) is 0 Å². The minimum absolute atomic E-state index is 0.172. The van der Waals surface area contributed by atoms with Gasteiger partial charge in [-0.15, -0.1) is 0 Å². The van der Waals surface area contributed by atoms with Crippen LogP contribution in [0.2, 0.25) is 0 Å². The molecule has 7 N–H and O–H groups in total. The molecule has 0 saturated carbocycles. The van der Waals surface area contributed by atoms with Crippen LogP contribution >= 0.6 is 0 Å². The van der Waals surface area contributed by atoms with E-state index in [1.807, 2.05) is 0 Å². The smallest absolute Gasteiger partial charge is 0.306 e. The van der Waals surface area contributed by atoms with Crippen molar-refractivity contribution in [1.29, 1.82) is 0 Å². The lowest BCUT2D eigenvalue weighted by Gasteiger charge is -2.42. The number of carbonyl (C=O) groups excluding carboxylic acids is 2. The highest BCUT2D eigenvalue weighted by Crippen LogP contribution is 2.26. The van der Waals surface area contributed by atoms with Crippen molar-refractivity contribution in [2.45, 2.75) is 223 Å². The lowest BCUT2D eigenvalue weighted by molar-refractivity contribution is -0.332. The van der Waals surface area contributed by atoms with Crippen LogP contribution in [0.5, 0.6) is 0 Å². The fraction of sp³-hybridized carbons (Fsp3) is 0.951. The number of rotatable bonds is 32. The van der Waals surface area contributed by atoms with E-state index in [2.05, 4.69) is 13.8 Å². The molecule has 0 spiro atoms. The quantitative estimate of drug-likeness (QED) is 0.0380. The van der Waals surface area contributed by atoms with Crippen molar-refractivity contribution in [2.75, 3.05) is 26.4 Å². The van der Waals surface area contributed by atoms with Gasteiger partial charge >= 0.3 is 11.9 Å². The summed E-state index contributed by atoms with van der Waals surface area (Å²) in [4.78, 5) is 25.4. The average Bonchev–Trinajstić information content (AvgIpc) is 3.19. The van der Waals surface area contributed by atoms with Gasteiger partial charge in [-0.1, -0.05) is 129 Å². The van der Waals surface area contributed by atoms with E-state index >= 15 is 0 Å². The van der Waals surface area contributed by atoms with E-state index in [0.717, 1.165) is 44.9 Å². The van der Waals surface area contributed by atoms with Crippen LogP contribution in [0.25, 0.3) is 0 Å². The molecule has 2 fully saturated rings. The van der Waals surface area contributed by atoms with Gasteiger partial charge in [0.25, 0.3) is 0 Å². The van der Waals surface area contributed by atoms with Gasteiger partial charge in [0.1, 0.15) is 55.4 Å². The number of hydrogen-bond donors (Lipinski definition) is 7. The minimum Gasteiger partial charge on any atom is -0.462 e. The first-order valence-electron chi connectivity index (χ1n) is 21.6. The summed E-state index contributed by atoms with van der Waals surface area (Å²) < 4.78 is 33.3. The Morgan fingerprint density at radius 3 is 1.39 bits per heavy atom. The number of hydrogen-bond acceptors (Lipinski definition) is 15. The van der Waals surface area contributed by atoms with Gasteiger partial charge in [0.15, 0.2) is 18.7 Å². The largest absolute Gasteiger partial charge is 0.462 e. The highest BCUT2D eigenvalue weighted by molar-refractivity contribution is 5.70. The first-order valence-corrected chi connectivity index (χ1v) is 21.6. The van der Waals surface area contributed by atoms with Crippen LogP contribution < -0.4 is 0 Å². The predicted molar refractivity (Wildman–Crippen MR) is 206 cm³/mol. The molecule has 56 heavy (non-hydrogen) atoms. The van der Waals surface area contributed by atoms with E-state index in [9.17, 15) is 45.3 Å². The molecule has 15 nitrogen and oxygen atoms in total. The molecule has 0 aromatic heterocycles. The standard InChI is InChI=1S/C41H76O15/c1-3-5-7-9-11-12-13-14-15-16-18-20-22-24-33(44)54-29(26-51-32(43)23-21-19-17-10-8-6-4-2)27-52-40-39(50)37(48)35(46)31(56-40)28-53-41-38(49)36(47)34(45)30(25-42)55-41/h29-31,34-42,45-50H,3-28H2,1-2H3/t29-,30-,31-,34+,35+,36+,37+,38-,39-,40-,41+/m1/s1. The Morgan fingerprint density at radius 1 is 0.500 bits per heavy atom. The molecule has 330 valence electrons. The van der Waals surface area contributed by atoms with Gasteiger partial charge in [-0.2, -0.15) is 0 Å². The number of ether oxygens (including phenoxy) is 6. The van der Waals surface area contributed by atoms with Gasteiger partial charge in [-0.25, -0.2) is 0 Å². The van der Waals surface area contributed by atoms with Crippen molar-refractivity contribution in [3.8, 4) is 0 Å². The maximum absolute atomic E-state index is 12.9. The Hall–Kier alpha value is -1.50. The Balaban J connectivity index is 1.86. The maximum atomic E-state index is 12.9. The van der Waals surface area contributed by atoms with Crippen LogP contribution in [-0.2, 0) is 38.0 Å². The number of aliphatic hydroxyl groups excluding tert-OH is 7. The molecule has 2 aliphatic heterocycles. The number of esters is 2. The summed E-state index contributed by atoms with van der Waals surface area (Å²) in [6.45, 7) is 2.52. The first kappa shape index (κ1) is 50.6. The molecule has 0 radical (unpaired) electrons. The zero-order chi connectivity index (χ0) is 41.1. The van der Waals surface area contributed by atoms with E-state index in [1.165, 1.54) is 70.6 Å². The fourth-order valence-corrected chi connectivity index (χ4v) is 6.92. The van der Waals surface area contributed by atoms with Gasteiger partial charge < -0.3 is 64.2 Å². The fourth-order valence-electron chi connectivity index (χ4n) is 6.92. The van der Waals surface area contributed by atoms with Crippen LogP contribution in [0.4, 0.5) is 0 Å². The van der Waals surface area contributed by atoms with E-state index < -0.39 is 92.7 Å². The highest BCUT2D eigenvalue weighted by atomic mass is 16.7. The van der Waals surface area contributed by atoms with Crippen molar-refractivity contribution in [3.63, 3.8) is 0 Å². The van der Waals surface area contributed by atoms with Gasteiger partial charge in [-0.3, -0.25) is 9.59 Å². The SMILES string of the molecule is CCCCCCCCCCCCCCCC(=O)O[C@H](COC(=O)CCCCCCCCC)CO[C@@H]1O[C@H](CO[C@H]2O[C@H](CO)[C@H](O)[C@H](O)[C@H]2O)[C@H](O)[C@H](O)[C@H]1O. The van der Waals surface area contributed by atoms with Crippen LogP contribution in [0.15, 0.2) is 0 Å². The average molecular weight is 809 g/mol. The van der Waals surface area contributed by atoms with Gasteiger partial charge in [0.2, 0.25) is 0 Å². The lowest BCUT2D eigenvalue weighted by atomic mass is 9.98. The highest BCUT2D eigenvalue weighted by Gasteiger charge is 2.47. The second-order valence-corrected chi connectivity index (χ2v) is 15.5. The van der Waals surface area contributed by atoms with Crippen molar-refractivity contribution >= 4 is 11.9 Å². The first-order chi connectivity index (χ1) is 27.0. The molecule has 0 amide bonds. The van der Waals surface area contributed by atoms with Crippen LogP contribution in [0, 0.1) is 0 Å². The third kappa shape index (κ3) is 20.0. The monoisotopic (exact) mass is 809 g/mol. The summed E-state index contributed by atoms with van der Waals surface area (Å²) in [7, 11) is 0. The lowest BCUT2D eigenvalue weighted by Crippen LogP contribution is -2.61. The normalized spacial score (nSPS) is 28.6. The third-order valence-corrected chi connectivity index (χ3v) is 10.6. The van der Waals surface area contributed by atoms with Crippen molar-refractivity contribution in [3.05, 3.63) is 0 Å². The van der Waals surface area contributed by atoms with E-state index in [0.29, 0.717) is 12.8 Å². The summed E-state index contributed by atoms with van der Waals surface area (Å²) in [6.07, 6.45) is 6.07. The van der Waals surface area contributed by atoms with Crippen molar-refractivity contribution < 1.29 is 73.8 Å². The summed E-state index contributed by atoms with van der Waals surface area (Å²) in [5.41, 5.74) is 0. The topological polar surface area (TPSA) is 231 Å². The van der Waals surface area contributed by atoms with E-state index in [4.69, 9.17) is 28.4 Å². The number of unbranched alkanes of at least 4 members (excludes halogenated alkanes) is 18. The molecule has 0 unspecified atom stereocenters. The minimum atomic E-state index is -1.76. The molecular formula is C41H76O15. The Bertz CT molecular complexity index is 1000. The summed E-state index contributed by atoms with van der Waals surface area (Å²) in [6, 6.07) is 0. The number of aliphatic hydroxyl groups is 7. The zero-order valence-electron chi connectivity index (χ0n) is 34.1. The van der Waals surface area contributed by atoms with E-state index in [-0.39, 0.29) is 26.1 Å². The second kappa shape index (κ2) is 30.5. The van der Waals surface area contributed by atoms with Gasteiger partial charge in [-0.05, 0) is 12.8 Å². The Kier molecular flexibility index (Phi) is 27.6. The van der Waals surface area contributed by atoms with Crippen molar-refractivity contribution in [2.24, 2.45) is 0 Å². The van der Waals surface area contributed by atoms with Crippen LogP contribution in [0.1, 0.15) is 155 Å². The molecule has 2 heterocycles. The Labute approximate surface area is 334 Å².